The topological polar surface area (TPSA) is 50.2 Å². The number of nitrogens with zero attached hydrogens (tertiary/aromatic N) is 3. The quantitative estimate of drug-likeness (QED) is 0.572. The summed E-state index contributed by atoms with van der Waals surface area (Å²) >= 11 is 0. The normalized spacial score (nSPS) is 11.1. The second-order valence-electron chi connectivity index (χ2n) is 6.96. The summed E-state index contributed by atoms with van der Waals surface area (Å²) in [5.74, 6) is 0.685. The van der Waals surface area contributed by atoms with E-state index in [1.165, 1.54) is 0 Å². The maximum absolute atomic E-state index is 13.1. The summed E-state index contributed by atoms with van der Waals surface area (Å²) in [6, 6.07) is 23.4. The lowest BCUT2D eigenvalue weighted by Crippen LogP contribution is -2.18. The average molecular weight is 370 g/mol. The third-order valence-corrected chi connectivity index (χ3v) is 4.53. The van der Waals surface area contributed by atoms with Crippen LogP contribution in [0.3, 0.4) is 0 Å². The van der Waals surface area contributed by atoms with Gasteiger partial charge in [0.15, 0.2) is 5.43 Å². The second kappa shape index (κ2) is 7.66. The first kappa shape index (κ1) is 17.9. The van der Waals surface area contributed by atoms with E-state index >= 15 is 0 Å². The van der Waals surface area contributed by atoms with Crippen molar-refractivity contribution in [3.63, 3.8) is 0 Å². The molecule has 0 aliphatic carbocycles. The molecule has 5 heteroatoms. The molecular formula is C23H22N4O. The summed E-state index contributed by atoms with van der Waals surface area (Å²) in [6.45, 7) is 0.675. The largest absolute Gasteiger partial charge is 0.341 e. The van der Waals surface area contributed by atoms with E-state index in [-0.39, 0.29) is 5.43 Å². The third-order valence-electron chi connectivity index (χ3n) is 4.53. The Morgan fingerprint density at radius 3 is 2.32 bits per heavy atom. The molecule has 0 radical (unpaired) electrons. The van der Waals surface area contributed by atoms with Crippen molar-refractivity contribution in [3.05, 3.63) is 94.8 Å². The van der Waals surface area contributed by atoms with Crippen molar-refractivity contribution in [1.82, 2.24) is 14.5 Å². The maximum atomic E-state index is 13.1. The molecular weight excluding hydrogens is 348 g/mol. The van der Waals surface area contributed by atoms with Crippen molar-refractivity contribution in [3.8, 4) is 5.69 Å². The molecule has 1 N–H and O–H groups in total. The minimum Gasteiger partial charge on any atom is -0.341 e. The van der Waals surface area contributed by atoms with Crippen LogP contribution in [0.1, 0.15) is 5.56 Å². The molecule has 0 saturated carbocycles. The number of rotatable bonds is 5. The van der Waals surface area contributed by atoms with Gasteiger partial charge in [0.25, 0.3) is 0 Å². The summed E-state index contributed by atoms with van der Waals surface area (Å²) in [7, 11) is 3.99. The van der Waals surface area contributed by atoms with Gasteiger partial charge in [-0.05, 0) is 50.0 Å². The monoisotopic (exact) mass is 370 g/mol. The van der Waals surface area contributed by atoms with Gasteiger partial charge < -0.3 is 10.2 Å². The van der Waals surface area contributed by atoms with E-state index < -0.39 is 0 Å². The number of nitrogens with one attached hydrogen (secondary N) is 1. The van der Waals surface area contributed by atoms with Crippen LogP contribution in [-0.2, 0) is 6.54 Å². The number of benzene rings is 2. The average Bonchev–Trinajstić information content (AvgIpc) is 2.69. The van der Waals surface area contributed by atoms with Gasteiger partial charge in [0.05, 0.1) is 5.39 Å². The Hall–Kier alpha value is -3.44. The van der Waals surface area contributed by atoms with Crippen LogP contribution in [0.4, 0.5) is 11.5 Å². The smallest absolute Gasteiger partial charge is 0.193 e. The van der Waals surface area contributed by atoms with E-state index in [2.05, 4.69) is 15.2 Å². The fourth-order valence-electron chi connectivity index (χ4n) is 3.37. The molecule has 0 atom stereocenters. The van der Waals surface area contributed by atoms with E-state index in [9.17, 15) is 4.79 Å². The van der Waals surface area contributed by atoms with Gasteiger partial charge in [0, 0.05) is 30.2 Å². The van der Waals surface area contributed by atoms with E-state index in [1.54, 1.807) is 12.3 Å². The van der Waals surface area contributed by atoms with Crippen LogP contribution < -0.4 is 10.7 Å². The molecule has 0 spiro atoms. The van der Waals surface area contributed by atoms with Crippen molar-refractivity contribution >= 4 is 22.5 Å². The predicted molar refractivity (Wildman–Crippen MR) is 114 cm³/mol. The van der Waals surface area contributed by atoms with E-state index in [1.807, 2.05) is 85.4 Å². The minimum atomic E-state index is -0.0365. The minimum absolute atomic E-state index is 0.0365. The van der Waals surface area contributed by atoms with E-state index in [0.29, 0.717) is 23.4 Å². The van der Waals surface area contributed by atoms with Crippen molar-refractivity contribution in [2.45, 2.75) is 6.54 Å². The van der Waals surface area contributed by atoms with Crippen LogP contribution in [0.5, 0.6) is 0 Å². The Balaban J connectivity index is 2.00. The fourth-order valence-corrected chi connectivity index (χ4v) is 3.37. The van der Waals surface area contributed by atoms with Gasteiger partial charge in [0.2, 0.25) is 0 Å². The summed E-state index contributed by atoms with van der Waals surface area (Å²) in [5, 5.41) is 4.03. The number of hydrogen-bond donors (Lipinski definition) is 1. The maximum Gasteiger partial charge on any atom is 0.193 e. The number of aromatic nitrogens is 2. The number of pyridine rings is 2. The molecule has 2 aromatic heterocycles. The van der Waals surface area contributed by atoms with Crippen molar-refractivity contribution < 1.29 is 0 Å². The zero-order chi connectivity index (χ0) is 19.5. The van der Waals surface area contributed by atoms with E-state index in [0.717, 1.165) is 16.9 Å². The molecule has 0 aliphatic heterocycles. The van der Waals surface area contributed by atoms with Gasteiger partial charge in [-0.15, -0.1) is 0 Å². The number of para-hydroxylation sites is 2. The molecule has 140 valence electrons. The van der Waals surface area contributed by atoms with Gasteiger partial charge in [0.1, 0.15) is 11.5 Å². The van der Waals surface area contributed by atoms with Crippen molar-refractivity contribution in [1.29, 1.82) is 0 Å². The van der Waals surface area contributed by atoms with Crippen molar-refractivity contribution in [2.75, 3.05) is 19.4 Å². The highest BCUT2D eigenvalue weighted by molar-refractivity contribution is 5.83. The molecule has 2 aromatic carbocycles. The SMILES string of the molecule is CN(C)Cc1ccnc2c1c(=O)cc(Nc1ccccc1)n2-c1ccccc1. The molecule has 2 heterocycles. The first-order valence-corrected chi connectivity index (χ1v) is 9.19. The fraction of sp³-hybridized carbons (Fsp3) is 0.130. The van der Waals surface area contributed by atoms with Gasteiger partial charge >= 0.3 is 0 Å². The lowest BCUT2D eigenvalue weighted by Gasteiger charge is -2.19. The molecule has 0 fully saturated rings. The van der Waals surface area contributed by atoms with Crippen LogP contribution in [0.2, 0.25) is 0 Å². The molecule has 5 nitrogen and oxygen atoms in total. The Labute approximate surface area is 163 Å². The molecule has 0 bridgehead atoms. The number of anilines is 2. The predicted octanol–water partition coefficient (Wildman–Crippen LogP) is 4.19. The molecule has 0 amide bonds. The number of hydrogen-bond acceptors (Lipinski definition) is 4. The highest BCUT2D eigenvalue weighted by Gasteiger charge is 2.15. The lowest BCUT2D eigenvalue weighted by atomic mass is 10.1. The molecule has 4 rings (SSSR count). The Bertz CT molecular complexity index is 1150. The molecule has 0 aliphatic rings. The Kier molecular flexibility index (Phi) is 4.91. The first-order valence-electron chi connectivity index (χ1n) is 9.19. The molecule has 0 unspecified atom stereocenters. The highest BCUT2D eigenvalue weighted by Crippen LogP contribution is 2.25. The number of fused-ring (bicyclic) bond motifs is 1. The second-order valence-corrected chi connectivity index (χ2v) is 6.96. The van der Waals surface area contributed by atoms with Crippen LogP contribution in [0.15, 0.2) is 83.8 Å². The van der Waals surface area contributed by atoms with Crippen LogP contribution >= 0.6 is 0 Å². The lowest BCUT2D eigenvalue weighted by molar-refractivity contribution is 0.404. The zero-order valence-electron chi connectivity index (χ0n) is 16.0. The zero-order valence-corrected chi connectivity index (χ0v) is 16.0. The molecule has 0 saturated heterocycles. The highest BCUT2D eigenvalue weighted by atomic mass is 16.1. The Morgan fingerprint density at radius 2 is 1.64 bits per heavy atom. The third kappa shape index (κ3) is 3.52. The van der Waals surface area contributed by atoms with Gasteiger partial charge in [-0.25, -0.2) is 4.98 Å². The summed E-state index contributed by atoms with van der Waals surface area (Å²) in [5.41, 5.74) is 3.44. The van der Waals surface area contributed by atoms with Gasteiger partial charge in [-0.1, -0.05) is 36.4 Å². The van der Waals surface area contributed by atoms with Crippen LogP contribution in [0, 0.1) is 0 Å². The summed E-state index contributed by atoms with van der Waals surface area (Å²) in [4.78, 5) is 19.7. The van der Waals surface area contributed by atoms with Crippen LogP contribution in [0.25, 0.3) is 16.7 Å². The van der Waals surface area contributed by atoms with E-state index in [4.69, 9.17) is 0 Å². The van der Waals surface area contributed by atoms with Crippen molar-refractivity contribution in [2.24, 2.45) is 0 Å². The summed E-state index contributed by atoms with van der Waals surface area (Å²) < 4.78 is 2.00. The molecule has 4 aromatic rings. The van der Waals surface area contributed by atoms with Crippen LogP contribution in [-0.4, -0.2) is 28.5 Å². The Morgan fingerprint density at radius 1 is 0.964 bits per heavy atom. The molecule has 28 heavy (non-hydrogen) atoms. The summed E-state index contributed by atoms with van der Waals surface area (Å²) in [6.07, 6.45) is 1.77. The standard InChI is InChI=1S/C23H22N4O/c1-26(2)16-17-13-14-24-23-22(17)20(28)15-21(25-18-9-5-3-6-10-18)27(23)19-11-7-4-8-12-19/h3-15,25H,16H2,1-2H3. The van der Waals surface area contributed by atoms with Gasteiger partial charge in [-0.3, -0.25) is 9.36 Å². The first-order chi connectivity index (χ1) is 13.6. The van der Waals surface area contributed by atoms with Gasteiger partial charge in [-0.2, -0.15) is 0 Å².